The second-order valence-electron chi connectivity index (χ2n) is 4.24. The molecule has 0 radical (unpaired) electrons. The first-order valence-corrected chi connectivity index (χ1v) is 6.47. The van der Waals surface area contributed by atoms with Crippen LogP contribution in [0.25, 0.3) is 0 Å². The highest BCUT2D eigenvalue weighted by molar-refractivity contribution is 6.31. The quantitative estimate of drug-likeness (QED) is 0.825. The van der Waals surface area contributed by atoms with Gasteiger partial charge in [-0.05, 0) is 18.1 Å². The third kappa shape index (κ3) is 3.05. The molecule has 0 saturated heterocycles. The van der Waals surface area contributed by atoms with Gasteiger partial charge in [0.2, 0.25) is 5.88 Å². The molecule has 18 heavy (non-hydrogen) atoms. The number of hydrogen-bond donors (Lipinski definition) is 0. The van der Waals surface area contributed by atoms with Gasteiger partial charge in [0.1, 0.15) is 6.61 Å². The smallest absolute Gasteiger partial charge is 0.233 e. The highest BCUT2D eigenvalue weighted by atomic mass is 35.5. The maximum atomic E-state index is 6.23. The van der Waals surface area contributed by atoms with Gasteiger partial charge in [-0.15, -0.1) is 5.10 Å². The summed E-state index contributed by atoms with van der Waals surface area (Å²) in [4.78, 5) is 0. The van der Waals surface area contributed by atoms with E-state index in [1.807, 2.05) is 31.4 Å². The van der Waals surface area contributed by atoms with Crippen LogP contribution in [0.5, 0.6) is 5.88 Å². The number of aryl methyl sites for hydroxylation is 2. The Kier molecular flexibility index (Phi) is 4.26. The van der Waals surface area contributed by atoms with Crippen molar-refractivity contribution in [2.24, 2.45) is 7.05 Å². The molecule has 0 spiro atoms. The Morgan fingerprint density at radius 1 is 1.33 bits per heavy atom. The molecule has 1 heterocycles. The first-order chi connectivity index (χ1) is 8.70. The maximum absolute atomic E-state index is 6.23. The molecule has 0 N–H and O–H groups in total. The fraction of sp³-hybridized carbons (Fsp3) is 0.357. The van der Waals surface area contributed by atoms with Gasteiger partial charge in [0, 0.05) is 29.9 Å². The monoisotopic (exact) mass is 264 g/mol. The number of ether oxygens (including phenoxy) is 1. The number of aromatic nitrogens is 2. The molecule has 0 aliphatic rings. The number of halogens is 1. The first-order valence-electron chi connectivity index (χ1n) is 6.09. The summed E-state index contributed by atoms with van der Waals surface area (Å²) in [6.45, 7) is 2.62. The lowest BCUT2D eigenvalue weighted by molar-refractivity contribution is 0.289. The van der Waals surface area contributed by atoms with Crippen LogP contribution in [0.2, 0.25) is 5.02 Å². The van der Waals surface area contributed by atoms with Gasteiger partial charge in [0.25, 0.3) is 0 Å². The van der Waals surface area contributed by atoms with Crippen LogP contribution in [0, 0.1) is 0 Å². The van der Waals surface area contributed by atoms with Crippen molar-refractivity contribution < 1.29 is 4.74 Å². The van der Waals surface area contributed by atoms with Gasteiger partial charge >= 0.3 is 0 Å². The van der Waals surface area contributed by atoms with Crippen LogP contribution in [0.1, 0.15) is 24.5 Å². The largest absolute Gasteiger partial charge is 0.472 e. The van der Waals surface area contributed by atoms with Crippen molar-refractivity contribution in [1.82, 2.24) is 9.78 Å². The molecule has 1 aromatic heterocycles. The fourth-order valence-electron chi connectivity index (χ4n) is 1.89. The molecule has 0 amide bonds. The number of hydrogen-bond acceptors (Lipinski definition) is 2. The van der Waals surface area contributed by atoms with E-state index in [-0.39, 0.29) is 0 Å². The van der Waals surface area contributed by atoms with Crippen LogP contribution < -0.4 is 4.74 Å². The van der Waals surface area contributed by atoms with E-state index < -0.39 is 0 Å². The van der Waals surface area contributed by atoms with Crippen LogP contribution >= 0.6 is 11.6 Å². The molecule has 2 aromatic rings. The standard InChI is InChI=1S/C14H17ClN2O/c1-3-5-11-6-4-7-13(15)12(11)10-18-14-8-9-17(2)16-14/h4,6-9H,3,5,10H2,1-2H3. The first kappa shape index (κ1) is 13.0. The van der Waals surface area contributed by atoms with E-state index in [9.17, 15) is 0 Å². The predicted molar refractivity (Wildman–Crippen MR) is 73.0 cm³/mol. The molecule has 0 unspecified atom stereocenters. The zero-order chi connectivity index (χ0) is 13.0. The SMILES string of the molecule is CCCc1cccc(Cl)c1COc1ccn(C)n1. The number of rotatable bonds is 5. The van der Waals surface area contributed by atoms with Crippen molar-refractivity contribution in [2.45, 2.75) is 26.4 Å². The predicted octanol–water partition coefficient (Wildman–Crippen LogP) is 3.61. The van der Waals surface area contributed by atoms with E-state index in [1.165, 1.54) is 5.56 Å². The zero-order valence-electron chi connectivity index (χ0n) is 10.7. The molecule has 0 atom stereocenters. The summed E-state index contributed by atoms with van der Waals surface area (Å²) >= 11 is 6.23. The lowest BCUT2D eigenvalue weighted by Crippen LogP contribution is -2.02. The lowest BCUT2D eigenvalue weighted by Gasteiger charge is -2.11. The molecule has 0 bridgehead atoms. The van der Waals surface area contributed by atoms with Crippen LogP contribution in [-0.4, -0.2) is 9.78 Å². The van der Waals surface area contributed by atoms with Gasteiger partial charge in [0.05, 0.1) is 0 Å². The van der Waals surface area contributed by atoms with Crippen molar-refractivity contribution in [1.29, 1.82) is 0 Å². The van der Waals surface area contributed by atoms with Gasteiger partial charge in [-0.3, -0.25) is 4.68 Å². The van der Waals surface area contributed by atoms with Crippen LogP contribution in [0.3, 0.4) is 0 Å². The van der Waals surface area contributed by atoms with E-state index in [0.29, 0.717) is 12.5 Å². The summed E-state index contributed by atoms with van der Waals surface area (Å²) in [6, 6.07) is 7.83. The maximum Gasteiger partial charge on any atom is 0.233 e. The molecular weight excluding hydrogens is 248 g/mol. The molecule has 2 rings (SSSR count). The van der Waals surface area contributed by atoms with Crippen molar-refractivity contribution in [3.05, 3.63) is 46.6 Å². The third-order valence-electron chi connectivity index (χ3n) is 2.79. The minimum atomic E-state index is 0.464. The Morgan fingerprint density at radius 3 is 2.83 bits per heavy atom. The Morgan fingerprint density at radius 2 is 2.17 bits per heavy atom. The Balaban J connectivity index is 2.12. The zero-order valence-corrected chi connectivity index (χ0v) is 11.4. The Hall–Kier alpha value is -1.48. The van der Waals surface area contributed by atoms with E-state index in [1.54, 1.807) is 4.68 Å². The molecule has 0 fully saturated rings. The van der Waals surface area contributed by atoms with Gasteiger partial charge in [0.15, 0.2) is 0 Å². The number of benzene rings is 1. The average Bonchev–Trinajstić information content (AvgIpc) is 2.75. The second kappa shape index (κ2) is 5.91. The fourth-order valence-corrected chi connectivity index (χ4v) is 2.13. The molecule has 96 valence electrons. The molecule has 1 aromatic carbocycles. The summed E-state index contributed by atoms with van der Waals surface area (Å²) in [6.07, 6.45) is 3.97. The van der Waals surface area contributed by atoms with E-state index in [4.69, 9.17) is 16.3 Å². The van der Waals surface area contributed by atoms with Crippen LogP contribution in [0.15, 0.2) is 30.5 Å². The second-order valence-corrected chi connectivity index (χ2v) is 4.65. The third-order valence-corrected chi connectivity index (χ3v) is 3.14. The molecular formula is C14H17ClN2O. The average molecular weight is 265 g/mol. The highest BCUT2D eigenvalue weighted by Gasteiger charge is 2.08. The molecule has 4 heteroatoms. The Bertz CT molecular complexity index is 522. The summed E-state index contributed by atoms with van der Waals surface area (Å²) in [5, 5.41) is 4.94. The number of nitrogens with zero attached hydrogens (tertiary/aromatic N) is 2. The van der Waals surface area contributed by atoms with E-state index in [0.717, 1.165) is 23.4 Å². The van der Waals surface area contributed by atoms with Crippen LogP contribution in [-0.2, 0) is 20.1 Å². The van der Waals surface area contributed by atoms with Crippen LogP contribution in [0.4, 0.5) is 0 Å². The summed E-state index contributed by atoms with van der Waals surface area (Å²) in [5.74, 6) is 0.625. The Labute approximate surface area is 112 Å². The van der Waals surface area contributed by atoms with Crippen molar-refractivity contribution >= 4 is 11.6 Å². The topological polar surface area (TPSA) is 27.1 Å². The van der Waals surface area contributed by atoms with Gasteiger partial charge < -0.3 is 4.74 Å². The molecule has 0 aliphatic carbocycles. The highest BCUT2D eigenvalue weighted by Crippen LogP contribution is 2.23. The molecule has 0 aliphatic heterocycles. The normalized spacial score (nSPS) is 10.6. The van der Waals surface area contributed by atoms with Gasteiger partial charge in [-0.25, -0.2) is 0 Å². The minimum Gasteiger partial charge on any atom is -0.472 e. The van der Waals surface area contributed by atoms with Crippen molar-refractivity contribution in [3.8, 4) is 5.88 Å². The molecule has 3 nitrogen and oxygen atoms in total. The van der Waals surface area contributed by atoms with Crippen molar-refractivity contribution in [2.75, 3.05) is 0 Å². The van der Waals surface area contributed by atoms with E-state index >= 15 is 0 Å². The van der Waals surface area contributed by atoms with E-state index in [2.05, 4.69) is 18.1 Å². The summed E-state index contributed by atoms with van der Waals surface area (Å²) in [5.41, 5.74) is 2.31. The van der Waals surface area contributed by atoms with Gasteiger partial charge in [-0.2, -0.15) is 0 Å². The summed E-state index contributed by atoms with van der Waals surface area (Å²) in [7, 11) is 1.87. The summed E-state index contributed by atoms with van der Waals surface area (Å²) < 4.78 is 7.38. The minimum absolute atomic E-state index is 0.464. The molecule has 0 saturated carbocycles. The van der Waals surface area contributed by atoms with Gasteiger partial charge in [-0.1, -0.05) is 37.1 Å². The lowest BCUT2D eigenvalue weighted by atomic mass is 10.0. The van der Waals surface area contributed by atoms with Crippen molar-refractivity contribution in [3.63, 3.8) is 0 Å².